The van der Waals surface area contributed by atoms with Gasteiger partial charge in [-0.1, -0.05) is 0 Å². The highest BCUT2D eigenvalue weighted by Crippen LogP contribution is 2.22. The van der Waals surface area contributed by atoms with Gasteiger partial charge in [-0.3, -0.25) is 0 Å². The molecule has 0 spiro atoms. The van der Waals surface area contributed by atoms with E-state index in [1.54, 1.807) is 6.33 Å². The summed E-state index contributed by atoms with van der Waals surface area (Å²) in [6, 6.07) is 10.1. The molecule has 0 amide bonds. The van der Waals surface area contributed by atoms with Crippen molar-refractivity contribution in [2.75, 3.05) is 35.7 Å². The maximum Gasteiger partial charge on any atom is 0.135 e. The fourth-order valence-corrected chi connectivity index (χ4v) is 2.40. The second-order valence-electron chi connectivity index (χ2n) is 4.91. The summed E-state index contributed by atoms with van der Waals surface area (Å²) in [6.07, 6.45) is 4.12. The lowest BCUT2D eigenvalue weighted by molar-refractivity contribution is 0.928. The van der Waals surface area contributed by atoms with Gasteiger partial charge in [0.1, 0.15) is 18.0 Å². The Morgan fingerprint density at radius 2 is 1.70 bits per heavy atom. The summed E-state index contributed by atoms with van der Waals surface area (Å²) >= 11 is 0. The van der Waals surface area contributed by atoms with Crippen LogP contribution in [0.25, 0.3) is 0 Å². The summed E-state index contributed by atoms with van der Waals surface area (Å²) in [4.78, 5) is 10.9. The zero-order chi connectivity index (χ0) is 13.8. The van der Waals surface area contributed by atoms with E-state index in [2.05, 4.69) is 25.5 Å². The lowest BCUT2D eigenvalue weighted by atomic mass is 10.3. The molecule has 2 heterocycles. The van der Waals surface area contributed by atoms with E-state index in [0.717, 1.165) is 36.1 Å². The average molecular weight is 269 g/mol. The van der Waals surface area contributed by atoms with E-state index < -0.39 is 0 Å². The predicted molar refractivity (Wildman–Crippen MR) is 82.8 cm³/mol. The molecule has 104 valence electrons. The van der Waals surface area contributed by atoms with Crippen molar-refractivity contribution in [2.45, 2.75) is 12.8 Å². The number of hydrogen-bond donors (Lipinski definition) is 2. The summed E-state index contributed by atoms with van der Waals surface area (Å²) in [6.45, 7) is 2.18. The predicted octanol–water partition coefficient (Wildman–Crippen LogP) is 2.86. The monoisotopic (exact) mass is 269 g/mol. The molecule has 0 saturated carbocycles. The second kappa shape index (κ2) is 5.77. The summed E-state index contributed by atoms with van der Waals surface area (Å²) in [5.74, 6) is 1.84. The maximum atomic E-state index is 4.36. The van der Waals surface area contributed by atoms with E-state index in [1.165, 1.54) is 12.8 Å². The molecule has 20 heavy (non-hydrogen) atoms. The Labute approximate surface area is 119 Å². The largest absolute Gasteiger partial charge is 0.388 e. The Bertz CT molecular complexity index is 561. The minimum Gasteiger partial charge on any atom is -0.388 e. The molecule has 0 radical (unpaired) electrons. The van der Waals surface area contributed by atoms with Crippen LogP contribution >= 0.6 is 0 Å². The van der Waals surface area contributed by atoms with Gasteiger partial charge in [-0.2, -0.15) is 0 Å². The standard InChI is InChI=1S/C15H19N5/c1-16-12-4-6-13(7-5-12)19-14-10-15(18-11-17-14)20-8-2-3-9-20/h4-7,10-11,16H,2-3,8-9H2,1H3,(H,17,18,19). The number of nitrogens with zero attached hydrogens (tertiary/aromatic N) is 3. The Hall–Kier alpha value is -2.30. The molecule has 5 nitrogen and oxygen atoms in total. The third-order valence-electron chi connectivity index (χ3n) is 3.53. The molecule has 2 N–H and O–H groups in total. The second-order valence-corrected chi connectivity index (χ2v) is 4.91. The molecule has 5 heteroatoms. The fraction of sp³-hybridized carbons (Fsp3) is 0.333. The number of benzene rings is 1. The maximum absolute atomic E-state index is 4.36. The Balaban J connectivity index is 1.74. The number of anilines is 4. The van der Waals surface area contributed by atoms with Gasteiger partial charge in [-0.15, -0.1) is 0 Å². The molecule has 0 atom stereocenters. The Morgan fingerprint density at radius 3 is 2.40 bits per heavy atom. The van der Waals surface area contributed by atoms with Crippen LogP contribution in [0, 0.1) is 0 Å². The van der Waals surface area contributed by atoms with Crippen molar-refractivity contribution in [1.82, 2.24) is 9.97 Å². The van der Waals surface area contributed by atoms with Crippen LogP contribution in [0.15, 0.2) is 36.7 Å². The van der Waals surface area contributed by atoms with Gasteiger partial charge < -0.3 is 15.5 Å². The van der Waals surface area contributed by atoms with Crippen LogP contribution in [0.1, 0.15) is 12.8 Å². The number of rotatable bonds is 4. The molecular formula is C15H19N5. The number of hydrogen-bond acceptors (Lipinski definition) is 5. The van der Waals surface area contributed by atoms with Gasteiger partial charge in [0.2, 0.25) is 0 Å². The normalized spacial score (nSPS) is 14.3. The lowest BCUT2D eigenvalue weighted by Crippen LogP contribution is -2.19. The molecule has 0 unspecified atom stereocenters. The number of aromatic nitrogens is 2. The van der Waals surface area contributed by atoms with E-state index in [-0.39, 0.29) is 0 Å². The molecule has 1 saturated heterocycles. The summed E-state index contributed by atoms with van der Waals surface area (Å²) in [7, 11) is 1.91. The van der Waals surface area contributed by atoms with E-state index in [4.69, 9.17) is 0 Å². The molecule has 0 aliphatic carbocycles. The SMILES string of the molecule is CNc1ccc(Nc2cc(N3CCCC3)ncn2)cc1. The molecule has 1 aromatic heterocycles. The zero-order valence-electron chi connectivity index (χ0n) is 11.6. The van der Waals surface area contributed by atoms with Gasteiger partial charge in [0.15, 0.2) is 0 Å². The average Bonchev–Trinajstić information content (AvgIpc) is 3.03. The van der Waals surface area contributed by atoms with E-state index >= 15 is 0 Å². The molecule has 2 aromatic rings. The van der Waals surface area contributed by atoms with Crippen LogP contribution in [0.3, 0.4) is 0 Å². The van der Waals surface area contributed by atoms with Gasteiger partial charge >= 0.3 is 0 Å². The Morgan fingerprint density at radius 1 is 1.00 bits per heavy atom. The van der Waals surface area contributed by atoms with Crippen molar-refractivity contribution in [3.05, 3.63) is 36.7 Å². The van der Waals surface area contributed by atoms with Gasteiger partial charge in [-0.25, -0.2) is 9.97 Å². The van der Waals surface area contributed by atoms with Crippen LogP contribution in [0.2, 0.25) is 0 Å². The summed E-state index contributed by atoms with van der Waals surface area (Å²) in [5, 5.41) is 6.42. The number of nitrogens with one attached hydrogen (secondary N) is 2. The van der Waals surface area contributed by atoms with Gasteiger partial charge in [0, 0.05) is 37.6 Å². The first-order valence-electron chi connectivity index (χ1n) is 6.97. The summed E-state index contributed by atoms with van der Waals surface area (Å²) in [5.41, 5.74) is 2.12. The molecule has 1 aliphatic rings. The van der Waals surface area contributed by atoms with Crippen LogP contribution in [0.5, 0.6) is 0 Å². The molecular weight excluding hydrogens is 250 g/mol. The van der Waals surface area contributed by atoms with Crippen molar-refractivity contribution < 1.29 is 0 Å². The van der Waals surface area contributed by atoms with Crippen LogP contribution in [-0.2, 0) is 0 Å². The highest BCUT2D eigenvalue weighted by molar-refractivity contribution is 5.62. The zero-order valence-corrected chi connectivity index (χ0v) is 11.6. The quantitative estimate of drug-likeness (QED) is 0.894. The van der Waals surface area contributed by atoms with E-state index in [0.29, 0.717) is 0 Å². The first-order valence-corrected chi connectivity index (χ1v) is 6.97. The van der Waals surface area contributed by atoms with Gasteiger partial charge in [-0.05, 0) is 37.1 Å². The lowest BCUT2D eigenvalue weighted by Gasteiger charge is -2.16. The highest BCUT2D eigenvalue weighted by atomic mass is 15.2. The van der Waals surface area contributed by atoms with Crippen molar-refractivity contribution in [3.8, 4) is 0 Å². The highest BCUT2D eigenvalue weighted by Gasteiger charge is 2.13. The van der Waals surface area contributed by atoms with Crippen molar-refractivity contribution >= 4 is 23.0 Å². The van der Waals surface area contributed by atoms with Gasteiger partial charge in [0.05, 0.1) is 0 Å². The molecule has 0 bridgehead atoms. The van der Waals surface area contributed by atoms with Crippen LogP contribution in [-0.4, -0.2) is 30.1 Å². The van der Waals surface area contributed by atoms with E-state index in [9.17, 15) is 0 Å². The molecule has 1 aliphatic heterocycles. The molecule has 3 rings (SSSR count). The third-order valence-corrected chi connectivity index (χ3v) is 3.53. The molecule has 1 aromatic carbocycles. The molecule has 1 fully saturated rings. The first-order chi connectivity index (χ1) is 9.85. The summed E-state index contributed by atoms with van der Waals surface area (Å²) < 4.78 is 0. The first kappa shape index (κ1) is 12.7. The van der Waals surface area contributed by atoms with Crippen molar-refractivity contribution in [2.24, 2.45) is 0 Å². The third kappa shape index (κ3) is 2.82. The van der Waals surface area contributed by atoms with Gasteiger partial charge in [0.25, 0.3) is 0 Å². The van der Waals surface area contributed by atoms with Crippen LogP contribution < -0.4 is 15.5 Å². The topological polar surface area (TPSA) is 53.1 Å². The smallest absolute Gasteiger partial charge is 0.135 e. The van der Waals surface area contributed by atoms with Crippen molar-refractivity contribution in [1.29, 1.82) is 0 Å². The minimum absolute atomic E-state index is 0.833. The Kier molecular flexibility index (Phi) is 3.67. The minimum atomic E-state index is 0.833. The van der Waals surface area contributed by atoms with Crippen LogP contribution in [0.4, 0.5) is 23.0 Å². The van der Waals surface area contributed by atoms with Crippen molar-refractivity contribution in [3.63, 3.8) is 0 Å². The van der Waals surface area contributed by atoms with E-state index in [1.807, 2.05) is 37.4 Å². The fourth-order valence-electron chi connectivity index (χ4n) is 2.40.